The van der Waals surface area contributed by atoms with E-state index < -0.39 is 17.9 Å². The molecular weight excluding hydrogens is 324 g/mol. The van der Waals surface area contributed by atoms with Gasteiger partial charge in [-0.05, 0) is 46.1 Å². The number of carboxylic acids is 1. The Morgan fingerprint density at radius 2 is 2.00 bits per heavy atom. The molecule has 7 heteroatoms. The molecule has 0 spiro atoms. The molecule has 1 unspecified atom stereocenters. The number of carbonyl (C=O) groups excluding carboxylic acids is 2. The molecule has 0 saturated heterocycles. The Hall–Kier alpha value is -2.15. The van der Waals surface area contributed by atoms with Crippen molar-refractivity contribution in [3.8, 4) is 0 Å². The van der Waals surface area contributed by atoms with Gasteiger partial charge in [-0.15, -0.1) is 0 Å². The molecule has 1 aliphatic rings. The van der Waals surface area contributed by atoms with Crippen molar-refractivity contribution in [3.63, 3.8) is 0 Å². The van der Waals surface area contributed by atoms with Crippen LogP contribution < -0.4 is 5.32 Å². The van der Waals surface area contributed by atoms with E-state index in [0.29, 0.717) is 17.5 Å². The van der Waals surface area contributed by atoms with E-state index >= 15 is 0 Å². The van der Waals surface area contributed by atoms with Gasteiger partial charge in [-0.3, -0.25) is 9.59 Å². The van der Waals surface area contributed by atoms with Crippen molar-refractivity contribution in [1.29, 1.82) is 0 Å². The monoisotopic (exact) mass is 350 g/mol. The lowest BCUT2D eigenvalue weighted by Gasteiger charge is -2.21. The number of aliphatic carboxylic acids is 1. The number of amides is 1. The highest BCUT2D eigenvalue weighted by Crippen LogP contribution is 2.26. The summed E-state index contributed by atoms with van der Waals surface area (Å²) in [7, 11) is 0. The molecule has 0 aliphatic heterocycles. The highest BCUT2D eigenvalue weighted by molar-refractivity contribution is 6.04. The van der Waals surface area contributed by atoms with Gasteiger partial charge in [0.2, 0.25) is 0 Å². The first-order valence-electron chi connectivity index (χ1n) is 8.52. The molecule has 0 aromatic carbocycles. The quantitative estimate of drug-likeness (QED) is 0.729. The molecule has 2 rings (SSSR count). The number of carbonyl (C=O) groups is 3. The number of nitrogens with one attached hydrogen (secondary N) is 2. The standard InChI is InChI=1S/C18H26N2O5/c1-10-14-11(6-5-7-13(14)21)19-15(10)16(22)20-12(17(23)24)8-9-25-18(2,3)4/h12,19H,5-9H2,1-4H3,(H,20,22)(H,23,24). The average molecular weight is 350 g/mol. The van der Waals surface area contributed by atoms with Crippen molar-refractivity contribution in [2.24, 2.45) is 0 Å². The molecule has 1 aromatic rings. The molecule has 1 aliphatic carbocycles. The Labute approximate surface area is 147 Å². The topological polar surface area (TPSA) is 108 Å². The molecule has 0 saturated carbocycles. The largest absolute Gasteiger partial charge is 0.480 e. The summed E-state index contributed by atoms with van der Waals surface area (Å²) in [5.41, 5.74) is 1.83. The van der Waals surface area contributed by atoms with Crippen molar-refractivity contribution >= 4 is 17.7 Å². The highest BCUT2D eigenvalue weighted by Gasteiger charge is 2.28. The number of aromatic amines is 1. The van der Waals surface area contributed by atoms with Crippen LogP contribution >= 0.6 is 0 Å². The summed E-state index contributed by atoms with van der Waals surface area (Å²) >= 11 is 0. The van der Waals surface area contributed by atoms with E-state index in [0.717, 1.165) is 18.5 Å². The van der Waals surface area contributed by atoms with E-state index in [1.54, 1.807) is 6.92 Å². The molecular formula is C18H26N2O5. The Kier molecular flexibility index (Phi) is 5.67. The summed E-state index contributed by atoms with van der Waals surface area (Å²) in [5.74, 6) is -1.60. The zero-order valence-electron chi connectivity index (χ0n) is 15.2. The van der Waals surface area contributed by atoms with Crippen LogP contribution in [0.3, 0.4) is 0 Å². The first-order chi connectivity index (χ1) is 11.6. The highest BCUT2D eigenvalue weighted by atomic mass is 16.5. The van der Waals surface area contributed by atoms with Crippen LogP contribution in [0.15, 0.2) is 0 Å². The number of rotatable bonds is 6. The van der Waals surface area contributed by atoms with Crippen LogP contribution in [0.1, 0.15) is 72.1 Å². The summed E-state index contributed by atoms with van der Waals surface area (Å²) in [6.45, 7) is 7.58. The first-order valence-corrected chi connectivity index (χ1v) is 8.52. The van der Waals surface area contributed by atoms with Crippen molar-refractivity contribution in [1.82, 2.24) is 10.3 Å². The molecule has 1 aromatic heterocycles. The fraction of sp³-hybridized carbons (Fsp3) is 0.611. The Morgan fingerprint density at radius 3 is 2.56 bits per heavy atom. The fourth-order valence-corrected chi connectivity index (χ4v) is 2.97. The van der Waals surface area contributed by atoms with E-state index in [1.165, 1.54) is 0 Å². The third-order valence-corrected chi connectivity index (χ3v) is 4.21. The summed E-state index contributed by atoms with van der Waals surface area (Å²) < 4.78 is 5.53. The van der Waals surface area contributed by atoms with Crippen molar-refractivity contribution < 1.29 is 24.2 Å². The molecule has 3 N–H and O–H groups in total. The summed E-state index contributed by atoms with van der Waals surface area (Å²) in [4.78, 5) is 39.0. The molecule has 0 radical (unpaired) electrons. The van der Waals surface area contributed by atoms with Crippen LogP contribution in [0.5, 0.6) is 0 Å². The van der Waals surface area contributed by atoms with E-state index in [-0.39, 0.29) is 30.1 Å². The zero-order valence-corrected chi connectivity index (χ0v) is 15.2. The number of aryl methyl sites for hydroxylation is 1. The second kappa shape index (κ2) is 7.39. The number of fused-ring (bicyclic) bond motifs is 1. The fourth-order valence-electron chi connectivity index (χ4n) is 2.97. The van der Waals surface area contributed by atoms with Crippen molar-refractivity contribution in [2.75, 3.05) is 6.61 Å². The second-order valence-corrected chi connectivity index (χ2v) is 7.37. The molecule has 7 nitrogen and oxygen atoms in total. The van der Waals surface area contributed by atoms with Gasteiger partial charge in [0.05, 0.1) is 5.60 Å². The summed E-state index contributed by atoms with van der Waals surface area (Å²) in [6, 6.07) is -1.05. The van der Waals surface area contributed by atoms with Crippen LogP contribution in [0.2, 0.25) is 0 Å². The first kappa shape index (κ1) is 19.2. The van der Waals surface area contributed by atoms with Gasteiger partial charge in [0.25, 0.3) is 5.91 Å². The van der Waals surface area contributed by atoms with Crippen molar-refractivity contribution in [2.45, 2.75) is 65.0 Å². The Balaban J connectivity index is 2.09. The predicted octanol–water partition coefficient (Wildman–Crippen LogP) is 2.23. The van der Waals surface area contributed by atoms with Crippen LogP contribution in [-0.2, 0) is 16.0 Å². The molecule has 1 atom stereocenters. The lowest BCUT2D eigenvalue weighted by atomic mass is 9.94. The molecule has 138 valence electrons. The van der Waals surface area contributed by atoms with Crippen LogP contribution in [0.25, 0.3) is 0 Å². The Bertz CT molecular complexity index is 684. The van der Waals surface area contributed by atoms with Crippen molar-refractivity contribution in [3.05, 3.63) is 22.5 Å². The van der Waals surface area contributed by atoms with Gasteiger partial charge in [-0.2, -0.15) is 0 Å². The lowest BCUT2D eigenvalue weighted by molar-refractivity contribution is -0.140. The van der Waals surface area contributed by atoms with Gasteiger partial charge in [-0.25, -0.2) is 4.79 Å². The van der Waals surface area contributed by atoms with Gasteiger partial charge >= 0.3 is 5.97 Å². The van der Waals surface area contributed by atoms with Gasteiger partial charge < -0.3 is 20.1 Å². The van der Waals surface area contributed by atoms with E-state index in [2.05, 4.69) is 10.3 Å². The van der Waals surface area contributed by atoms with Gasteiger partial charge in [-0.1, -0.05) is 0 Å². The maximum atomic E-state index is 12.5. The molecule has 1 amide bonds. The molecule has 0 bridgehead atoms. The number of carboxylic acid groups (broad SMARTS) is 1. The van der Waals surface area contributed by atoms with E-state index in [4.69, 9.17) is 4.74 Å². The maximum absolute atomic E-state index is 12.5. The van der Waals surface area contributed by atoms with E-state index in [1.807, 2.05) is 20.8 Å². The molecule has 0 fully saturated rings. The van der Waals surface area contributed by atoms with Gasteiger partial charge in [0.1, 0.15) is 11.7 Å². The SMILES string of the molecule is Cc1c(C(=O)NC(CCOC(C)(C)C)C(=O)O)[nH]c2c1C(=O)CCC2. The van der Waals surface area contributed by atoms with Gasteiger partial charge in [0.15, 0.2) is 5.78 Å². The van der Waals surface area contributed by atoms with Crippen LogP contribution in [0.4, 0.5) is 0 Å². The van der Waals surface area contributed by atoms with Gasteiger partial charge in [0, 0.05) is 30.7 Å². The number of ketones is 1. The average Bonchev–Trinajstić information content (AvgIpc) is 2.83. The third kappa shape index (κ3) is 4.69. The number of Topliss-reactive ketones (excluding diaryl/α,β-unsaturated/α-hetero) is 1. The summed E-state index contributed by atoms with van der Waals surface area (Å²) in [5, 5.41) is 11.9. The summed E-state index contributed by atoms with van der Waals surface area (Å²) in [6.07, 6.45) is 2.12. The Morgan fingerprint density at radius 1 is 1.32 bits per heavy atom. The smallest absolute Gasteiger partial charge is 0.326 e. The van der Waals surface area contributed by atoms with Crippen LogP contribution in [0, 0.1) is 6.92 Å². The molecule has 1 heterocycles. The van der Waals surface area contributed by atoms with E-state index in [9.17, 15) is 19.5 Å². The van der Waals surface area contributed by atoms with Crippen LogP contribution in [-0.4, -0.2) is 46.0 Å². The predicted molar refractivity (Wildman–Crippen MR) is 92.0 cm³/mol. The number of aromatic nitrogens is 1. The number of ether oxygens (including phenoxy) is 1. The minimum absolute atomic E-state index is 0.0300. The minimum Gasteiger partial charge on any atom is -0.480 e. The molecule has 25 heavy (non-hydrogen) atoms. The lowest BCUT2D eigenvalue weighted by Crippen LogP contribution is -2.42. The maximum Gasteiger partial charge on any atom is 0.326 e. The minimum atomic E-state index is -1.11. The number of hydrogen-bond donors (Lipinski definition) is 3. The third-order valence-electron chi connectivity index (χ3n) is 4.21. The second-order valence-electron chi connectivity index (χ2n) is 7.37. The normalized spacial score (nSPS) is 15.6. The zero-order chi connectivity index (χ0) is 18.8. The number of H-pyrrole nitrogens is 1. The number of hydrogen-bond acceptors (Lipinski definition) is 4.